The van der Waals surface area contributed by atoms with Crippen molar-refractivity contribution in [3.05, 3.63) is 62.6 Å². The van der Waals surface area contributed by atoms with Crippen molar-refractivity contribution < 1.29 is 4.79 Å². The molecule has 0 unspecified atom stereocenters. The van der Waals surface area contributed by atoms with Crippen LogP contribution < -0.4 is 10.6 Å². The number of aryl methyl sites for hydroxylation is 2. The smallest absolute Gasteiger partial charge is 0.257 e. The van der Waals surface area contributed by atoms with Crippen molar-refractivity contribution in [1.29, 1.82) is 0 Å². The zero-order chi connectivity index (χ0) is 19.8. The second kappa shape index (κ2) is 7.43. The summed E-state index contributed by atoms with van der Waals surface area (Å²) in [7, 11) is 0. The summed E-state index contributed by atoms with van der Waals surface area (Å²) in [5, 5.41) is 7.47. The van der Waals surface area contributed by atoms with Crippen LogP contribution in [-0.2, 0) is 0 Å². The molecule has 2 heterocycles. The van der Waals surface area contributed by atoms with Crippen LogP contribution in [0.1, 0.15) is 20.9 Å². The van der Waals surface area contributed by atoms with Gasteiger partial charge in [0.15, 0.2) is 5.13 Å². The summed E-state index contributed by atoms with van der Waals surface area (Å²) in [5.74, 6) is 0.246. The summed E-state index contributed by atoms with van der Waals surface area (Å²) < 4.78 is 0. The second-order valence-corrected chi connectivity index (χ2v) is 8.17. The average molecular weight is 432 g/mol. The molecule has 9 heteroatoms. The van der Waals surface area contributed by atoms with Gasteiger partial charge in [0.25, 0.3) is 5.91 Å². The standard InChI is InChI=1S/C19H15Cl2N5OS/c1-9-10(2)28-19(22-9)26-17(27)11-6-7-14-15(8-11)24-18(23-14)25-16-12(20)4-3-5-13(16)21/h3-8H,1-2H3,(H,22,26,27)(H2,23,24,25). The molecule has 3 N–H and O–H groups in total. The molecule has 2 aromatic carbocycles. The number of H-pyrrole nitrogens is 1. The van der Waals surface area contributed by atoms with Crippen molar-refractivity contribution in [2.75, 3.05) is 10.6 Å². The summed E-state index contributed by atoms with van der Waals surface area (Å²) in [6.07, 6.45) is 0. The lowest BCUT2D eigenvalue weighted by Crippen LogP contribution is -2.11. The number of aromatic nitrogens is 3. The van der Waals surface area contributed by atoms with Crippen molar-refractivity contribution in [1.82, 2.24) is 15.0 Å². The van der Waals surface area contributed by atoms with E-state index in [4.69, 9.17) is 23.2 Å². The quantitative estimate of drug-likeness (QED) is 0.373. The molecule has 4 rings (SSSR count). The molecular weight excluding hydrogens is 417 g/mol. The first-order chi connectivity index (χ1) is 13.4. The molecule has 0 atom stereocenters. The van der Waals surface area contributed by atoms with E-state index in [1.807, 2.05) is 13.8 Å². The van der Waals surface area contributed by atoms with E-state index in [9.17, 15) is 4.79 Å². The number of amides is 1. The van der Waals surface area contributed by atoms with Crippen LogP contribution in [0, 0.1) is 13.8 Å². The van der Waals surface area contributed by atoms with Gasteiger partial charge in [-0.3, -0.25) is 10.1 Å². The van der Waals surface area contributed by atoms with Crippen molar-refractivity contribution in [3.63, 3.8) is 0 Å². The van der Waals surface area contributed by atoms with Gasteiger partial charge in [0, 0.05) is 10.4 Å². The highest BCUT2D eigenvalue weighted by Gasteiger charge is 2.13. The molecule has 0 saturated carbocycles. The minimum Gasteiger partial charge on any atom is -0.324 e. The highest BCUT2D eigenvalue weighted by atomic mass is 35.5. The Morgan fingerprint density at radius 2 is 1.86 bits per heavy atom. The van der Waals surface area contributed by atoms with E-state index in [-0.39, 0.29) is 5.91 Å². The van der Waals surface area contributed by atoms with Gasteiger partial charge in [0.1, 0.15) is 0 Å². The van der Waals surface area contributed by atoms with Crippen LogP contribution in [0.15, 0.2) is 36.4 Å². The predicted molar refractivity (Wildman–Crippen MR) is 115 cm³/mol. The van der Waals surface area contributed by atoms with Gasteiger partial charge in [-0.2, -0.15) is 0 Å². The largest absolute Gasteiger partial charge is 0.324 e. The normalized spacial score (nSPS) is 11.0. The van der Waals surface area contributed by atoms with Gasteiger partial charge in [0.05, 0.1) is 32.5 Å². The third-order valence-corrected chi connectivity index (χ3v) is 5.82. The highest BCUT2D eigenvalue weighted by molar-refractivity contribution is 7.15. The summed E-state index contributed by atoms with van der Waals surface area (Å²) in [6.45, 7) is 3.88. The number of rotatable bonds is 4. The van der Waals surface area contributed by atoms with Crippen LogP contribution in [0.2, 0.25) is 10.0 Å². The van der Waals surface area contributed by atoms with E-state index in [2.05, 4.69) is 25.6 Å². The van der Waals surface area contributed by atoms with Crippen molar-refractivity contribution in [2.45, 2.75) is 13.8 Å². The van der Waals surface area contributed by atoms with Gasteiger partial charge < -0.3 is 10.3 Å². The summed E-state index contributed by atoms with van der Waals surface area (Å²) >= 11 is 13.8. The summed E-state index contributed by atoms with van der Waals surface area (Å²) in [6, 6.07) is 10.5. The van der Waals surface area contributed by atoms with Gasteiger partial charge in [-0.05, 0) is 44.2 Å². The number of nitrogens with one attached hydrogen (secondary N) is 3. The Labute approximate surface area is 174 Å². The number of carbonyl (C=O) groups excluding carboxylic acids is 1. The maximum absolute atomic E-state index is 12.5. The zero-order valence-corrected chi connectivity index (χ0v) is 17.3. The summed E-state index contributed by atoms with van der Waals surface area (Å²) in [4.78, 5) is 25.6. The molecule has 6 nitrogen and oxygen atoms in total. The van der Waals surface area contributed by atoms with E-state index < -0.39 is 0 Å². The minimum atomic E-state index is -0.234. The van der Waals surface area contributed by atoms with Crippen LogP contribution in [0.3, 0.4) is 0 Å². The third-order valence-electron chi connectivity index (χ3n) is 4.20. The van der Waals surface area contributed by atoms with Crippen molar-refractivity contribution in [2.24, 2.45) is 0 Å². The number of halogens is 2. The average Bonchev–Trinajstić information content (AvgIpc) is 3.19. The van der Waals surface area contributed by atoms with Gasteiger partial charge in [-0.25, -0.2) is 9.97 Å². The van der Waals surface area contributed by atoms with Crippen LogP contribution in [0.4, 0.5) is 16.8 Å². The lowest BCUT2D eigenvalue weighted by atomic mass is 10.2. The molecule has 0 saturated heterocycles. The molecule has 0 aliphatic heterocycles. The number of aromatic amines is 1. The first-order valence-electron chi connectivity index (χ1n) is 8.37. The maximum Gasteiger partial charge on any atom is 0.257 e. The number of para-hydroxylation sites is 1. The topological polar surface area (TPSA) is 82.7 Å². The molecule has 2 aromatic heterocycles. The molecule has 28 heavy (non-hydrogen) atoms. The van der Waals surface area contributed by atoms with E-state index in [1.165, 1.54) is 11.3 Å². The van der Waals surface area contributed by atoms with Crippen LogP contribution in [0.5, 0.6) is 0 Å². The first-order valence-corrected chi connectivity index (χ1v) is 9.94. The fourth-order valence-electron chi connectivity index (χ4n) is 2.64. The zero-order valence-electron chi connectivity index (χ0n) is 14.9. The Balaban J connectivity index is 1.58. The highest BCUT2D eigenvalue weighted by Crippen LogP contribution is 2.32. The van der Waals surface area contributed by atoms with E-state index in [0.29, 0.717) is 37.9 Å². The number of nitrogens with zero attached hydrogens (tertiary/aromatic N) is 2. The van der Waals surface area contributed by atoms with E-state index in [1.54, 1.807) is 36.4 Å². The van der Waals surface area contributed by atoms with Crippen LogP contribution in [-0.4, -0.2) is 20.9 Å². The molecule has 0 aliphatic rings. The van der Waals surface area contributed by atoms with Gasteiger partial charge in [0.2, 0.25) is 5.95 Å². The first kappa shape index (κ1) is 18.7. The molecular formula is C19H15Cl2N5OS. The molecule has 0 radical (unpaired) electrons. The van der Waals surface area contributed by atoms with Gasteiger partial charge in [-0.1, -0.05) is 29.3 Å². The van der Waals surface area contributed by atoms with Crippen LogP contribution >= 0.6 is 34.5 Å². The lowest BCUT2D eigenvalue weighted by Gasteiger charge is -2.06. The number of anilines is 3. The number of benzene rings is 2. The number of thiazole rings is 1. The Morgan fingerprint density at radius 3 is 2.54 bits per heavy atom. The number of hydrogen-bond donors (Lipinski definition) is 3. The Hall–Kier alpha value is -2.61. The predicted octanol–water partition coefficient (Wildman–Crippen LogP) is 5.94. The number of fused-ring (bicyclic) bond motifs is 1. The monoisotopic (exact) mass is 431 g/mol. The Bertz CT molecular complexity index is 1160. The molecule has 0 aliphatic carbocycles. The van der Waals surface area contributed by atoms with Crippen LogP contribution in [0.25, 0.3) is 11.0 Å². The SMILES string of the molecule is Cc1nc(NC(=O)c2ccc3[nH]c(Nc4c(Cl)cccc4Cl)nc3c2)sc1C. The minimum absolute atomic E-state index is 0.234. The fraction of sp³-hybridized carbons (Fsp3) is 0.105. The maximum atomic E-state index is 12.5. The molecule has 0 spiro atoms. The third kappa shape index (κ3) is 3.69. The van der Waals surface area contributed by atoms with Crippen molar-refractivity contribution >= 4 is 68.2 Å². The second-order valence-electron chi connectivity index (χ2n) is 6.15. The molecule has 0 fully saturated rings. The van der Waals surface area contributed by atoms with Crippen molar-refractivity contribution in [3.8, 4) is 0 Å². The Morgan fingerprint density at radius 1 is 1.11 bits per heavy atom. The summed E-state index contributed by atoms with van der Waals surface area (Å²) in [5.41, 5.74) is 3.40. The number of hydrogen-bond acceptors (Lipinski definition) is 5. The molecule has 0 bridgehead atoms. The van der Waals surface area contributed by atoms with E-state index >= 15 is 0 Å². The fourth-order valence-corrected chi connectivity index (χ4v) is 3.94. The molecule has 4 aromatic rings. The van der Waals surface area contributed by atoms with E-state index in [0.717, 1.165) is 16.1 Å². The van der Waals surface area contributed by atoms with Gasteiger partial charge in [-0.15, -0.1) is 11.3 Å². The molecule has 1 amide bonds. The molecule has 142 valence electrons. The number of carbonyl (C=O) groups is 1. The van der Waals surface area contributed by atoms with Gasteiger partial charge >= 0.3 is 0 Å². The Kier molecular flexibility index (Phi) is 4.97. The lowest BCUT2D eigenvalue weighted by molar-refractivity contribution is 0.102. The number of imidazole rings is 1.